The van der Waals surface area contributed by atoms with Crippen molar-refractivity contribution in [2.45, 2.75) is 37.8 Å². The second-order valence-corrected chi connectivity index (χ2v) is 7.08. The van der Waals surface area contributed by atoms with Crippen molar-refractivity contribution in [3.63, 3.8) is 0 Å². The maximum atomic E-state index is 12.4. The van der Waals surface area contributed by atoms with Crippen molar-refractivity contribution >= 4 is 11.7 Å². The van der Waals surface area contributed by atoms with Gasteiger partial charge in [-0.1, -0.05) is 30.3 Å². The van der Waals surface area contributed by atoms with Gasteiger partial charge in [-0.15, -0.1) is 0 Å². The van der Waals surface area contributed by atoms with Crippen molar-refractivity contribution in [3.8, 4) is 0 Å². The highest BCUT2D eigenvalue weighted by Gasteiger charge is 2.34. The van der Waals surface area contributed by atoms with E-state index in [-0.39, 0.29) is 18.0 Å². The van der Waals surface area contributed by atoms with Crippen LogP contribution >= 0.6 is 0 Å². The van der Waals surface area contributed by atoms with Gasteiger partial charge in [-0.25, -0.2) is 4.98 Å². The van der Waals surface area contributed by atoms with Crippen LogP contribution in [-0.4, -0.2) is 51.2 Å². The Morgan fingerprint density at radius 2 is 1.96 bits per heavy atom. The summed E-state index contributed by atoms with van der Waals surface area (Å²) >= 11 is 0. The van der Waals surface area contributed by atoms with E-state index in [1.54, 1.807) is 7.05 Å². The Bertz CT molecular complexity index is 827. The van der Waals surface area contributed by atoms with Crippen LogP contribution in [0.2, 0.25) is 0 Å². The van der Waals surface area contributed by atoms with Crippen LogP contribution in [0, 0.1) is 0 Å². The van der Waals surface area contributed by atoms with Crippen LogP contribution < -0.4 is 10.9 Å². The van der Waals surface area contributed by atoms with Gasteiger partial charge in [-0.3, -0.25) is 14.2 Å². The molecule has 0 unspecified atom stereocenters. The quantitative estimate of drug-likeness (QED) is 0.800. The predicted octanol–water partition coefficient (Wildman–Crippen LogP) is 1.27. The average molecular weight is 370 g/mol. The lowest BCUT2D eigenvalue weighted by atomic mass is 9.91. The lowest BCUT2D eigenvalue weighted by Crippen LogP contribution is -2.49. The topological polar surface area (TPSA) is 87.5 Å². The van der Waals surface area contributed by atoms with Crippen LogP contribution in [0.1, 0.15) is 24.8 Å². The molecule has 0 bridgehead atoms. The van der Waals surface area contributed by atoms with Gasteiger partial charge < -0.3 is 15.3 Å². The van der Waals surface area contributed by atoms with E-state index in [0.29, 0.717) is 38.2 Å². The van der Waals surface area contributed by atoms with Crippen LogP contribution in [0.5, 0.6) is 0 Å². The molecule has 2 N–H and O–H groups in total. The second kappa shape index (κ2) is 8.35. The fourth-order valence-corrected chi connectivity index (χ4v) is 3.38. The molecule has 0 atom stereocenters. The zero-order valence-electron chi connectivity index (χ0n) is 15.6. The number of nitrogens with zero attached hydrogens (tertiary/aromatic N) is 3. The fraction of sp³-hybridized carbons (Fsp3) is 0.450. The minimum Gasteiger partial charge on any atom is -0.388 e. The monoisotopic (exact) mass is 370 g/mol. The van der Waals surface area contributed by atoms with E-state index in [1.165, 1.54) is 17.0 Å². The summed E-state index contributed by atoms with van der Waals surface area (Å²) < 4.78 is 1.42. The molecule has 1 aromatic carbocycles. The van der Waals surface area contributed by atoms with Crippen LogP contribution in [0.15, 0.2) is 47.5 Å². The highest BCUT2D eigenvalue weighted by Crippen LogP contribution is 2.24. The summed E-state index contributed by atoms with van der Waals surface area (Å²) in [4.78, 5) is 30.5. The van der Waals surface area contributed by atoms with E-state index >= 15 is 0 Å². The number of piperidine rings is 1. The standard InChI is InChI=1S/C20H26N4O3/c1-21-17-13-19(26)24(15-22-17)14-20(27)9-11-23(12-10-20)18(25)8-7-16-5-3-2-4-6-16/h2-6,13,15,21,27H,7-12,14H2,1H3. The molecule has 1 aliphatic rings. The number of aromatic nitrogens is 2. The molecule has 0 saturated carbocycles. The number of hydrogen-bond acceptors (Lipinski definition) is 5. The molecule has 1 aliphatic heterocycles. The van der Waals surface area contributed by atoms with E-state index < -0.39 is 5.60 Å². The lowest BCUT2D eigenvalue weighted by Gasteiger charge is -2.38. The summed E-state index contributed by atoms with van der Waals surface area (Å²) in [5.41, 5.74) is -0.0523. The van der Waals surface area contributed by atoms with Gasteiger partial charge >= 0.3 is 0 Å². The second-order valence-electron chi connectivity index (χ2n) is 7.08. The van der Waals surface area contributed by atoms with Crippen molar-refractivity contribution < 1.29 is 9.90 Å². The number of nitrogens with one attached hydrogen (secondary N) is 1. The minimum absolute atomic E-state index is 0.109. The first-order valence-corrected chi connectivity index (χ1v) is 9.27. The molecular formula is C20H26N4O3. The van der Waals surface area contributed by atoms with Crippen molar-refractivity contribution in [2.75, 3.05) is 25.5 Å². The van der Waals surface area contributed by atoms with Gasteiger partial charge in [0.05, 0.1) is 18.5 Å². The van der Waals surface area contributed by atoms with E-state index in [2.05, 4.69) is 10.3 Å². The Hall–Kier alpha value is -2.67. The van der Waals surface area contributed by atoms with E-state index in [0.717, 1.165) is 12.0 Å². The summed E-state index contributed by atoms with van der Waals surface area (Å²) in [6.07, 6.45) is 3.54. The molecule has 27 heavy (non-hydrogen) atoms. The Labute approximate surface area is 158 Å². The zero-order chi connectivity index (χ0) is 19.3. The van der Waals surface area contributed by atoms with Crippen LogP contribution in [0.3, 0.4) is 0 Å². The van der Waals surface area contributed by atoms with Crippen molar-refractivity contribution in [1.82, 2.24) is 14.5 Å². The number of anilines is 1. The first kappa shape index (κ1) is 19.1. The molecule has 0 spiro atoms. The number of rotatable bonds is 6. The summed E-state index contributed by atoms with van der Waals surface area (Å²) in [7, 11) is 1.70. The fourth-order valence-electron chi connectivity index (χ4n) is 3.38. The molecule has 1 amide bonds. The first-order chi connectivity index (χ1) is 13.0. The summed E-state index contributed by atoms with van der Waals surface area (Å²) in [5.74, 6) is 0.611. The van der Waals surface area contributed by atoms with Crippen LogP contribution in [0.25, 0.3) is 0 Å². The number of aryl methyl sites for hydroxylation is 1. The van der Waals surface area contributed by atoms with Crippen molar-refractivity contribution in [1.29, 1.82) is 0 Å². The highest BCUT2D eigenvalue weighted by molar-refractivity contribution is 5.76. The Kier molecular flexibility index (Phi) is 5.91. The van der Waals surface area contributed by atoms with Gasteiger partial charge in [-0.2, -0.15) is 0 Å². The molecular weight excluding hydrogens is 344 g/mol. The summed E-state index contributed by atoms with van der Waals surface area (Å²) in [5, 5.41) is 13.7. The molecule has 1 aromatic heterocycles. The molecule has 7 heteroatoms. The number of carbonyl (C=O) groups is 1. The smallest absolute Gasteiger partial charge is 0.255 e. The maximum absolute atomic E-state index is 12.4. The van der Waals surface area contributed by atoms with Gasteiger partial charge in [0.1, 0.15) is 5.82 Å². The van der Waals surface area contributed by atoms with E-state index in [9.17, 15) is 14.7 Å². The third-order valence-electron chi connectivity index (χ3n) is 5.12. The normalized spacial score (nSPS) is 16.1. The summed E-state index contributed by atoms with van der Waals surface area (Å²) in [6, 6.07) is 11.4. The molecule has 0 radical (unpaired) electrons. The average Bonchev–Trinajstić information content (AvgIpc) is 2.69. The third kappa shape index (κ3) is 4.95. The zero-order valence-corrected chi connectivity index (χ0v) is 15.6. The van der Waals surface area contributed by atoms with Crippen molar-refractivity contribution in [2.24, 2.45) is 0 Å². The maximum Gasteiger partial charge on any atom is 0.255 e. The Balaban J connectivity index is 1.52. The third-order valence-corrected chi connectivity index (χ3v) is 5.12. The number of amides is 1. The SMILES string of the molecule is CNc1cc(=O)n(CC2(O)CCN(C(=O)CCc3ccccc3)CC2)cn1. The van der Waals surface area contributed by atoms with E-state index in [1.807, 2.05) is 35.2 Å². The molecule has 0 aliphatic carbocycles. The largest absolute Gasteiger partial charge is 0.388 e. The molecule has 7 nitrogen and oxygen atoms in total. The lowest BCUT2D eigenvalue weighted by molar-refractivity contribution is -0.135. The number of aliphatic hydroxyl groups is 1. The van der Waals surface area contributed by atoms with Gasteiger partial charge in [-0.05, 0) is 24.8 Å². The van der Waals surface area contributed by atoms with Gasteiger partial charge in [0.25, 0.3) is 5.56 Å². The number of benzene rings is 1. The molecule has 1 saturated heterocycles. The van der Waals surface area contributed by atoms with Crippen LogP contribution in [0.4, 0.5) is 5.82 Å². The van der Waals surface area contributed by atoms with Gasteiger partial charge in [0, 0.05) is 32.6 Å². The Morgan fingerprint density at radius 1 is 1.26 bits per heavy atom. The van der Waals surface area contributed by atoms with E-state index in [4.69, 9.17) is 0 Å². The molecule has 2 heterocycles. The van der Waals surface area contributed by atoms with Gasteiger partial charge in [0.2, 0.25) is 5.91 Å². The Morgan fingerprint density at radius 3 is 2.59 bits per heavy atom. The summed E-state index contributed by atoms with van der Waals surface area (Å²) in [6.45, 7) is 1.19. The highest BCUT2D eigenvalue weighted by atomic mass is 16.3. The molecule has 1 fully saturated rings. The number of likely N-dealkylation sites (tertiary alicyclic amines) is 1. The van der Waals surface area contributed by atoms with Gasteiger partial charge in [0.15, 0.2) is 0 Å². The number of hydrogen-bond donors (Lipinski definition) is 2. The minimum atomic E-state index is -0.997. The molecule has 3 rings (SSSR count). The molecule has 2 aromatic rings. The van der Waals surface area contributed by atoms with Crippen LogP contribution in [-0.2, 0) is 17.8 Å². The van der Waals surface area contributed by atoms with Crippen molar-refractivity contribution in [3.05, 3.63) is 58.6 Å². The molecule has 144 valence electrons. The number of carbonyl (C=O) groups excluding carboxylic acids is 1. The predicted molar refractivity (Wildman–Crippen MR) is 104 cm³/mol. The first-order valence-electron chi connectivity index (χ1n) is 9.27.